The highest BCUT2D eigenvalue weighted by molar-refractivity contribution is 6.30. The van der Waals surface area contributed by atoms with E-state index in [1.54, 1.807) is 0 Å². The molecule has 0 radical (unpaired) electrons. The topological polar surface area (TPSA) is 12.0 Å². The minimum atomic E-state index is 0.380. The van der Waals surface area contributed by atoms with Gasteiger partial charge in [0.1, 0.15) is 0 Å². The third-order valence-corrected chi connectivity index (χ3v) is 3.31. The zero-order chi connectivity index (χ0) is 13.6. The zero-order valence-electron chi connectivity index (χ0n) is 12.1. The number of halogens is 1. The van der Waals surface area contributed by atoms with Gasteiger partial charge < -0.3 is 5.32 Å². The molecule has 1 unspecified atom stereocenters. The summed E-state index contributed by atoms with van der Waals surface area (Å²) < 4.78 is 0. The third kappa shape index (κ3) is 5.88. The second-order valence-corrected chi connectivity index (χ2v) is 6.60. The van der Waals surface area contributed by atoms with Crippen LogP contribution in [0.15, 0.2) is 24.3 Å². The van der Waals surface area contributed by atoms with Gasteiger partial charge in [-0.2, -0.15) is 0 Å². The molecular formula is C16H26ClN. The van der Waals surface area contributed by atoms with Crippen LogP contribution < -0.4 is 5.32 Å². The fraction of sp³-hybridized carbons (Fsp3) is 0.625. The van der Waals surface area contributed by atoms with Crippen molar-refractivity contribution in [1.82, 2.24) is 5.32 Å². The first-order chi connectivity index (χ1) is 8.42. The number of rotatable bonds is 6. The fourth-order valence-corrected chi connectivity index (χ4v) is 2.20. The van der Waals surface area contributed by atoms with Gasteiger partial charge in [0.05, 0.1) is 0 Å². The Balaban J connectivity index is 2.71. The van der Waals surface area contributed by atoms with Crippen molar-refractivity contribution in [3.63, 3.8) is 0 Å². The van der Waals surface area contributed by atoms with Crippen molar-refractivity contribution in [3.8, 4) is 0 Å². The summed E-state index contributed by atoms with van der Waals surface area (Å²) >= 11 is 6.09. The lowest BCUT2D eigenvalue weighted by Crippen LogP contribution is -2.23. The summed E-state index contributed by atoms with van der Waals surface area (Å²) in [6.45, 7) is 10.1. The number of nitrogens with one attached hydrogen (secondary N) is 1. The van der Waals surface area contributed by atoms with E-state index in [0.29, 0.717) is 11.5 Å². The van der Waals surface area contributed by atoms with E-state index in [1.807, 2.05) is 12.1 Å². The van der Waals surface area contributed by atoms with Crippen LogP contribution in [-0.4, -0.2) is 6.54 Å². The molecule has 1 nitrogen and oxygen atoms in total. The van der Waals surface area contributed by atoms with Gasteiger partial charge in [-0.25, -0.2) is 0 Å². The van der Waals surface area contributed by atoms with Crippen LogP contribution in [0.5, 0.6) is 0 Å². The maximum absolute atomic E-state index is 6.09. The molecule has 0 amide bonds. The van der Waals surface area contributed by atoms with Gasteiger partial charge in [0.25, 0.3) is 0 Å². The highest BCUT2D eigenvalue weighted by Crippen LogP contribution is 2.28. The molecule has 0 bridgehead atoms. The molecule has 18 heavy (non-hydrogen) atoms. The SMILES string of the molecule is CCCNC(CCC(C)(C)C)c1cccc(Cl)c1. The predicted octanol–water partition coefficient (Wildman–Crippen LogP) is 5.21. The molecule has 1 N–H and O–H groups in total. The molecule has 1 rings (SSSR count). The van der Waals surface area contributed by atoms with E-state index in [-0.39, 0.29) is 0 Å². The lowest BCUT2D eigenvalue weighted by Gasteiger charge is -2.24. The van der Waals surface area contributed by atoms with Gasteiger partial charge in [0.2, 0.25) is 0 Å². The summed E-state index contributed by atoms with van der Waals surface area (Å²) in [5.74, 6) is 0. The summed E-state index contributed by atoms with van der Waals surface area (Å²) in [6, 6.07) is 8.64. The number of hydrogen-bond acceptors (Lipinski definition) is 1. The van der Waals surface area contributed by atoms with E-state index in [4.69, 9.17) is 11.6 Å². The maximum atomic E-state index is 6.09. The first kappa shape index (κ1) is 15.5. The summed E-state index contributed by atoms with van der Waals surface area (Å²) in [5.41, 5.74) is 1.69. The Morgan fingerprint density at radius 1 is 1.28 bits per heavy atom. The first-order valence-electron chi connectivity index (χ1n) is 6.91. The van der Waals surface area contributed by atoms with Crippen LogP contribution in [0.4, 0.5) is 0 Å². The van der Waals surface area contributed by atoms with Crippen molar-refractivity contribution in [2.75, 3.05) is 6.54 Å². The summed E-state index contributed by atoms with van der Waals surface area (Å²) in [6.07, 6.45) is 3.53. The lowest BCUT2D eigenvalue weighted by molar-refractivity contribution is 0.332. The normalized spacial score (nSPS) is 13.6. The standard InChI is InChI=1S/C16H26ClN/c1-5-11-18-15(9-10-16(2,3)4)13-7-6-8-14(17)12-13/h6-8,12,15,18H,5,9-11H2,1-4H3. The average molecular weight is 268 g/mol. The second-order valence-electron chi connectivity index (χ2n) is 6.16. The molecule has 0 fully saturated rings. The van der Waals surface area contributed by atoms with Crippen molar-refractivity contribution < 1.29 is 0 Å². The van der Waals surface area contributed by atoms with Crippen LogP contribution in [-0.2, 0) is 0 Å². The molecule has 0 heterocycles. The van der Waals surface area contributed by atoms with Crippen molar-refractivity contribution in [2.45, 2.75) is 53.0 Å². The molecule has 1 atom stereocenters. The van der Waals surface area contributed by atoms with Crippen molar-refractivity contribution >= 4 is 11.6 Å². The maximum Gasteiger partial charge on any atom is 0.0409 e. The van der Waals surface area contributed by atoms with Crippen LogP contribution in [0.25, 0.3) is 0 Å². The van der Waals surface area contributed by atoms with Gasteiger partial charge in [-0.1, -0.05) is 51.4 Å². The largest absolute Gasteiger partial charge is 0.310 e. The van der Waals surface area contributed by atoms with Crippen LogP contribution >= 0.6 is 11.6 Å². The molecule has 1 aromatic carbocycles. The third-order valence-electron chi connectivity index (χ3n) is 3.07. The smallest absolute Gasteiger partial charge is 0.0409 e. The Bertz CT molecular complexity index is 354. The highest BCUT2D eigenvalue weighted by Gasteiger charge is 2.16. The van der Waals surface area contributed by atoms with Gasteiger partial charge in [-0.3, -0.25) is 0 Å². The summed E-state index contributed by atoms with van der Waals surface area (Å²) in [5, 5.41) is 4.45. The molecule has 2 heteroatoms. The molecule has 0 aliphatic carbocycles. The van der Waals surface area contributed by atoms with Gasteiger partial charge in [0.15, 0.2) is 0 Å². The molecule has 102 valence electrons. The van der Waals surface area contributed by atoms with Crippen molar-refractivity contribution in [2.24, 2.45) is 5.41 Å². The fourth-order valence-electron chi connectivity index (χ4n) is 2.01. The lowest BCUT2D eigenvalue weighted by atomic mass is 9.87. The predicted molar refractivity (Wildman–Crippen MR) is 81.2 cm³/mol. The van der Waals surface area contributed by atoms with Gasteiger partial charge in [0, 0.05) is 11.1 Å². The average Bonchev–Trinajstić information content (AvgIpc) is 2.28. The van der Waals surface area contributed by atoms with Gasteiger partial charge in [-0.15, -0.1) is 0 Å². The van der Waals surface area contributed by atoms with Gasteiger partial charge >= 0.3 is 0 Å². The number of hydrogen-bond donors (Lipinski definition) is 1. The van der Waals surface area contributed by atoms with E-state index in [0.717, 1.165) is 24.4 Å². The monoisotopic (exact) mass is 267 g/mol. The minimum absolute atomic E-state index is 0.380. The first-order valence-corrected chi connectivity index (χ1v) is 7.29. The van der Waals surface area contributed by atoms with Crippen molar-refractivity contribution in [1.29, 1.82) is 0 Å². The van der Waals surface area contributed by atoms with Crippen LogP contribution in [0.1, 0.15) is 58.6 Å². The molecule has 0 saturated carbocycles. The van der Waals surface area contributed by atoms with E-state index >= 15 is 0 Å². The van der Waals surface area contributed by atoms with Crippen LogP contribution in [0, 0.1) is 5.41 Å². The summed E-state index contributed by atoms with van der Waals surface area (Å²) in [7, 11) is 0. The van der Waals surface area contributed by atoms with Crippen LogP contribution in [0.3, 0.4) is 0 Å². The molecule has 0 aliphatic rings. The Morgan fingerprint density at radius 2 is 2.00 bits per heavy atom. The zero-order valence-corrected chi connectivity index (χ0v) is 12.8. The van der Waals surface area contributed by atoms with Gasteiger partial charge in [-0.05, 0) is 48.9 Å². The molecule has 1 aromatic rings. The van der Waals surface area contributed by atoms with E-state index in [2.05, 4.69) is 45.1 Å². The van der Waals surface area contributed by atoms with E-state index in [9.17, 15) is 0 Å². The van der Waals surface area contributed by atoms with Crippen molar-refractivity contribution in [3.05, 3.63) is 34.9 Å². The second kappa shape index (κ2) is 7.16. The molecule has 0 aliphatic heterocycles. The minimum Gasteiger partial charge on any atom is -0.310 e. The number of benzene rings is 1. The molecule has 0 saturated heterocycles. The molecule has 0 aromatic heterocycles. The Kier molecular flexibility index (Phi) is 6.17. The quantitative estimate of drug-likeness (QED) is 0.746. The van der Waals surface area contributed by atoms with E-state index < -0.39 is 0 Å². The Morgan fingerprint density at radius 3 is 2.56 bits per heavy atom. The molecule has 0 spiro atoms. The Labute approximate surface area is 117 Å². The Hall–Kier alpha value is -0.530. The highest BCUT2D eigenvalue weighted by atomic mass is 35.5. The van der Waals surface area contributed by atoms with E-state index in [1.165, 1.54) is 12.0 Å². The summed E-state index contributed by atoms with van der Waals surface area (Å²) in [4.78, 5) is 0. The molecular weight excluding hydrogens is 242 g/mol. The van der Waals surface area contributed by atoms with Crippen LogP contribution in [0.2, 0.25) is 5.02 Å².